The van der Waals surface area contributed by atoms with Gasteiger partial charge in [-0.3, -0.25) is 14.5 Å². The van der Waals surface area contributed by atoms with Crippen LogP contribution in [0, 0.1) is 13.8 Å². The molecule has 1 unspecified atom stereocenters. The van der Waals surface area contributed by atoms with Gasteiger partial charge in [-0.15, -0.1) is 0 Å². The van der Waals surface area contributed by atoms with Crippen LogP contribution >= 0.6 is 0 Å². The van der Waals surface area contributed by atoms with E-state index < -0.39 is 17.7 Å². The lowest BCUT2D eigenvalue weighted by Gasteiger charge is -2.26. The van der Waals surface area contributed by atoms with Gasteiger partial charge >= 0.3 is 0 Å². The predicted octanol–water partition coefficient (Wildman–Crippen LogP) is 6.73. The smallest absolute Gasteiger partial charge is 0.300 e. The fraction of sp³-hybridized carbons (Fsp3) is 0.125. The van der Waals surface area contributed by atoms with Crippen LogP contribution in [-0.4, -0.2) is 23.9 Å². The molecule has 1 amide bonds. The number of para-hydroxylation sites is 1. The van der Waals surface area contributed by atoms with Gasteiger partial charge in [-0.2, -0.15) is 0 Å². The molecule has 1 atom stereocenters. The van der Waals surface area contributed by atoms with Crippen LogP contribution in [0.15, 0.2) is 103 Å². The van der Waals surface area contributed by atoms with Gasteiger partial charge in [0.2, 0.25) is 0 Å². The van der Waals surface area contributed by atoms with Gasteiger partial charge < -0.3 is 14.6 Å². The third kappa shape index (κ3) is 4.64. The van der Waals surface area contributed by atoms with Crippen molar-refractivity contribution in [2.75, 3.05) is 12.0 Å². The van der Waals surface area contributed by atoms with Gasteiger partial charge in [0, 0.05) is 11.3 Å². The van der Waals surface area contributed by atoms with Gasteiger partial charge in [-0.25, -0.2) is 0 Å². The van der Waals surface area contributed by atoms with E-state index in [0.29, 0.717) is 39.6 Å². The summed E-state index contributed by atoms with van der Waals surface area (Å²) < 4.78 is 11.3. The number of anilines is 1. The van der Waals surface area contributed by atoms with Gasteiger partial charge in [-0.1, -0.05) is 48.0 Å². The first-order valence-electron chi connectivity index (χ1n) is 12.2. The van der Waals surface area contributed by atoms with Crippen LogP contribution < -0.4 is 14.4 Å². The number of amides is 1. The van der Waals surface area contributed by atoms with Crippen molar-refractivity contribution in [1.82, 2.24) is 0 Å². The fourth-order valence-corrected chi connectivity index (χ4v) is 4.67. The fourth-order valence-electron chi connectivity index (χ4n) is 4.67. The van der Waals surface area contributed by atoms with Crippen molar-refractivity contribution < 1.29 is 24.2 Å². The second-order valence-electron chi connectivity index (χ2n) is 9.17. The van der Waals surface area contributed by atoms with Crippen LogP contribution in [-0.2, 0) is 9.59 Å². The molecule has 1 fully saturated rings. The number of ether oxygens (including phenoxy) is 2. The molecule has 1 heterocycles. The Hall–Kier alpha value is -4.84. The summed E-state index contributed by atoms with van der Waals surface area (Å²) in [6, 6.07) is 28.3. The number of Topliss-reactive ketones (excluding diaryl/α,β-unsaturated/α-hetero) is 1. The molecule has 1 saturated heterocycles. The summed E-state index contributed by atoms with van der Waals surface area (Å²) in [5, 5.41) is 11.5. The van der Waals surface area contributed by atoms with E-state index >= 15 is 0 Å². The number of hydrogen-bond acceptors (Lipinski definition) is 5. The number of benzene rings is 4. The van der Waals surface area contributed by atoms with Crippen molar-refractivity contribution in [3.05, 3.63) is 125 Å². The van der Waals surface area contributed by atoms with E-state index in [2.05, 4.69) is 0 Å². The zero-order chi connectivity index (χ0) is 26.8. The van der Waals surface area contributed by atoms with E-state index in [9.17, 15) is 14.7 Å². The van der Waals surface area contributed by atoms with Crippen LogP contribution in [0.4, 0.5) is 5.69 Å². The Morgan fingerprint density at radius 1 is 0.789 bits per heavy atom. The third-order valence-corrected chi connectivity index (χ3v) is 6.60. The van der Waals surface area contributed by atoms with Crippen molar-refractivity contribution in [1.29, 1.82) is 0 Å². The molecule has 6 heteroatoms. The monoisotopic (exact) mass is 505 g/mol. The lowest BCUT2D eigenvalue weighted by atomic mass is 9.93. The average Bonchev–Trinajstić information content (AvgIpc) is 3.19. The molecule has 6 nitrogen and oxygen atoms in total. The minimum absolute atomic E-state index is 0.0145. The van der Waals surface area contributed by atoms with E-state index in [-0.39, 0.29) is 11.3 Å². The summed E-state index contributed by atoms with van der Waals surface area (Å²) in [7, 11) is 1.56. The average molecular weight is 506 g/mol. The summed E-state index contributed by atoms with van der Waals surface area (Å²) in [6.07, 6.45) is 0. The van der Waals surface area contributed by atoms with Gasteiger partial charge in [0.25, 0.3) is 11.7 Å². The minimum atomic E-state index is -0.862. The largest absolute Gasteiger partial charge is 0.507 e. The van der Waals surface area contributed by atoms with Gasteiger partial charge in [0.15, 0.2) is 0 Å². The number of hydrogen-bond donors (Lipinski definition) is 1. The number of carbonyl (C=O) groups is 2. The normalized spacial score (nSPS) is 16.5. The molecule has 4 aromatic carbocycles. The number of methoxy groups -OCH3 is 1. The zero-order valence-corrected chi connectivity index (χ0v) is 21.3. The van der Waals surface area contributed by atoms with Crippen molar-refractivity contribution in [3.8, 4) is 17.2 Å². The van der Waals surface area contributed by atoms with Crippen LogP contribution in [0.25, 0.3) is 5.76 Å². The number of aliphatic hydroxyl groups excluding tert-OH is 1. The molecule has 1 N–H and O–H groups in total. The van der Waals surface area contributed by atoms with E-state index in [1.54, 1.807) is 43.5 Å². The Labute approximate surface area is 221 Å². The topological polar surface area (TPSA) is 76.1 Å². The standard InChI is InChI=1S/C32H27NO5/c1-20-12-14-23(15-13-20)33-29(22-8-7-11-26(19-22)38-24-9-5-4-6-10-24)28(31(35)32(33)36)30(34)27-17-16-25(37-3)18-21(27)2/h4-19,29,34H,1-3H3/b30-28+. The maximum Gasteiger partial charge on any atom is 0.300 e. The summed E-state index contributed by atoms with van der Waals surface area (Å²) in [5.41, 5.74) is 3.39. The first kappa shape index (κ1) is 24.8. The molecule has 0 aliphatic carbocycles. The quantitative estimate of drug-likeness (QED) is 0.179. The minimum Gasteiger partial charge on any atom is -0.507 e. The third-order valence-electron chi connectivity index (χ3n) is 6.60. The molecule has 0 radical (unpaired) electrons. The van der Waals surface area contributed by atoms with Crippen LogP contribution in [0.1, 0.15) is 28.3 Å². The number of carbonyl (C=O) groups excluding carboxylic acids is 2. The number of rotatable bonds is 6. The number of ketones is 1. The number of aliphatic hydroxyl groups is 1. The number of aryl methyl sites for hydroxylation is 2. The maximum atomic E-state index is 13.5. The Morgan fingerprint density at radius 3 is 2.18 bits per heavy atom. The summed E-state index contributed by atoms with van der Waals surface area (Å²) in [6.45, 7) is 3.77. The molecule has 0 aromatic heterocycles. The first-order valence-corrected chi connectivity index (χ1v) is 12.2. The van der Waals surface area contributed by atoms with Gasteiger partial charge in [0.05, 0.1) is 18.7 Å². The summed E-state index contributed by atoms with van der Waals surface area (Å²) in [4.78, 5) is 28.4. The predicted molar refractivity (Wildman–Crippen MR) is 147 cm³/mol. The maximum absolute atomic E-state index is 13.5. The Morgan fingerprint density at radius 2 is 1.50 bits per heavy atom. The van der Waals surface area contributed by atoms with Gasteiger partial charge in [0.1, 0.15) is 23.0 Å². The lowest BCUT2D eigenvalue weighted by molar-refractivity contribution is -0.132. The van der Waals surface area contributed by atoms with E-state index in [4.69, 9.17) is 9.47 Å². The van der Waals surface area contributed by atoms with E-state index in [1.165, 1.54) is 4.90 Å². The second-order valence-corrected chi connectivity index (χ2v) is 9.17. The molecule has 4 aromatic rings. The highest BCUT2D eigenvalue weighted by molar-refractivity contribution is 6.51. The zero-order valence-electron chi connectivity index (χ0n) is 21.3. The molecule has 190 valence electrons. The van der Waals surface area contributed by atoms with E-state index in [0.717, 1.165) is 5.56 Å². The highest BCUT2D eigenvalue weighted by atomic mass is 16.5. The second kappa shape index (κ2) is 10.3. The van der Waals surface area contributed by atoms with Crippen molar-refractivity contribution >= 4 is 23.1 Å². The highest BCUT2D eigenvalue weighted by Crippen LogP contribution is 2.43. The Balaban J connectivity index is 1.68. The summed E-state index contributed by atoms with van der Waals surface area (Å²) in [5.74, 6) is 0.132. The molecule has 1 aliphatic heterocycles. The lowest BCUT2D eigenvalue weighted by Crippen LogP contribution is -2.29. The molecule has 5 rings (SSSR count). The van der Waals surface area contributed by atoms with Crippen molar-refractivity contribution in [2.45, 2.75) is 19.9 Å². The van der Waals surface area contributed by atoms with Crippen LogP contribution in [0.2, 0.25) is 0 Å². The number of nitrogens with zero attached hydrogens (tertiary/aromatic N) is 1. The molecular formula is C32H27NO5. The Kier molecular flexibility index (Phi) is 6.71. The molecule has 1 aliphatic rings. The van der Waals surface area contributed by atoms with Crippen LogP contribution in [0.5, 0.6) is 17.2 Å². The molecule has 0 bridgehead atoms. The van der Waals surface area contributed by atoms with Crippen molar-refractivity contribution in [3.63, 3.8) is 0 Å². The van der Waals surface area contributed by atoms with Crippen molar-refractivity contribution in [2.24, 2.45) is 0 Å². The first-order chi connectivity index (χ1) is 18.4. The molecule has 0 saturated carbocycles. The van der Waals surface area contributed by atoms with Crippen LogP contribution in [0.3, 0.4) is 0 Å². The van der Waals surface area contributed by atoms with Gasteiger partial charge in [-0.05, 0) is 79.6 Å². The SMILES string of the molecule is COc1ccc(/C(O)=C2\C(=O)C(=O)N(c3ccc(C)cc3)C2c2cccc(Oc3ccccc3)c2)c(C)c1. The van der Waals surface area contributed by atoms with E-state index in [1.807, 2.05) is 74.5 Å². The highest BCUT2D eigenvalue weighted by Gasteiger charge is 2.47. The molecule has 0 spiro atoms. The summed E-state index contributed by atoms with van der Waals surface area (Å²) >= 11 is 0. The molecular weight excluding hydrogens is 478 g/mol. The Bertz CT molecular complexity index is 1540. The molecule has 38 heavy (non-hydrogen) atoms.